The summed E-state index contributed by atoms with van der Waals surface area (Å²) in [6.07, 6.45) is 6.06. The van der Waals surface area contributed by atoms with Crippen LogP contribution in [0.2, 0.25) is 0 Å². The third-order valence-electron chi connectivity index (χ3n) is 8.14. The highest BCUT2D eigenvalue weighted by Crippen LogP contribution is 2.41. The Hall–Kier alpha value is -5.22. The lowest BCUT2D eigenvalue weighted by Crippen LogP contribution is -2.24. The first-order chi connectivity index (χ1) is 20.9. The molecule has 1 aliphatic heterocycles. The van der Waals surface area contributed by atoms with Crippen molar-refractivity contribution < 1.29 is 9.90 Å². The summed E-state index contributed by atoms with van der Waals surface area (Å²) in [6, 6.07) is 43.6. The van der Waals surface area contributed by atoms with Crippen LogP contribution in [0.4, 0.5) is 22.7 Å². The number of carbonyl (C=O) groups is 1. The number of rotatable bonds is 9. The van der Waals surface area contributed by atoms with Crippen molar-refractivity contribution in [3.63, 3.8) is 0 Å². The van der Waals surface area contributed by atoms with Gasteiger partial charge in [0, 0.05) is 22.5 Å². The molecule has 0 bridgehead atoms. The molecular formula is C39H34N2O2. The van der Waals surface area contributed by atoms with E-state index >= 15 is 0 Å². The largest absolute Gasteiger partial charge is 0.478 e. The van der Waals surface area contributed by atoms with E-state index in [9.17, 15) is 9.90 Å². The number of carboxylic acid groups (broad SMARTS) is 1. The average Bonchev–Trinajstić information content (AvgIpc) is 3.30. The number of carboxylic acids is 1. The summed E-state index contributed by atoms with van der Waals surface area (Å²) in [5.41, 5.74) is 9.77. The van der Waals surface area contributed by atoms with Crippen LogP contribution in [0.1, 0.15) is 46.5 Å². The summed E-state index contributed by atoms with van der Waals surface area (Å²) in [6.45, 7) is 4.17. The number of allylic oxidation sites excluding steroid dienone is 1. The third kappa shape index (κ3) is 6.05. The van der Waals surface area contributed by atoms with Gasteiger partial charge >= 0.3 is 5.97 Å². The van der Waals surface area contributed by atoms with E-state index in [0.29, 0.717) is 5.56 Å². The van der Waals surface area contributed by atoms with E-state index in [4.69, 9.17) is 4.99 Å². The first-order valence-corrected chi connectivity index (χ1v) is 14.6. The predicted octanol–water partition coefficient (Wildman–Crippen LogP) is 9.72. The molecule has 4 heteroatoms. The zero-order valence-electron chi connectivity index (χ0n) is 24.4. The van der Waals surface area contributed by atoms with Gasteiger partial charge in [-0.05, 0) is 95.8 Å². The topological polar surface area (TPSA) is 52.9 Å². The second-order valence-electron chi connectivity index (χ2n) is 11.4. The maximum absolute atomic E-state index is 11.4. The normalized spacial score (nSPS) is 13.5. The summed E-state index contributed by atoms with van der Waals surface area (Å²) in [5, 5.41) is 9.39. The van der Waals surface area contributed by atoms with E-state index in [1.54, 1.807) is 18.2 Å². The molecule has 212 valence electrons. The van der Waals surface area contributed by atoms with Crippen LogP contribution in [-0.2, 0) is 18.3 Å². The fourth-order valence-corrected chi connectivity index (χ4v) is 5.59. The summed E-state index contributed by atoms with van der Waals surface area (Å²) in [7, 11) is 0. The fraction of sp³-hybridized carbons (Fsp3) is 0.128. The Morgan fingerprint density at radius 2 is 1.23 bits per heavy atom. The molecule has 0 radical (unpaired) electrons. The highest BCUT2D eigenvalue weighted by molar-refractivity contribution is 6.10. The van der Waals surface area contributed by atoms with Crippen molar-refractivity contribution in [3.8, 4) is 0 Å². The molecule has 0 saturated carbocycles. The number of nitrogens with zero attached hydrogens (tertiary/aromatic N) is 2. The molecule has 1 N–H and O–H groups in total. The summed E-state index contributed by atoms with van der Waals surface area (Å²) in [4.78, 5) is 18.5. The van der Waals surface area contributed by atoms with Crippen LogP contribution in [0, 0.1) is 0 Å². The van der Waals surface area contributed by atoms with Gasteiger partial charge in [-0.15, -0.1) is 0 Å². The summed E-state index contributed by atoms with van der Waals surface area (Å²) < 4.78 is 0. The van der Waals surface area contributed by atoms with Gasteiger partial charge < -0.3 is 10.0 Å². The maximum atomic E-state index is 11.4. The Labute approximate surface area is 253 Å². The number of hydrogen-bond donors (Lipinski definition) is 1. The zero-order valence-corrected chi connectivity index (χ0v) is 24.4. The third-order valence-corrected chi connectivity index (χ3v) is 8.14. The van der Waals surface area contributed by atoms with Crippen LogP contribution in [-0.4, -0.2) is 16.8 Å². The number of fused-ring (bicyclic) bond motifs is 1. The van der Waals surface area contributed by atoms with Crippen LogP contribution in [0.25, 0.3) is 6.08 Å². The SMILES string of the molecule is CC1(C)C(/C=C/c2ccc(CCc3ccc(N(c4ccccc4)c4ccccc4)cc3)cc2)=Nc2ccc(C(=O)O)cc21. The number of anilines is 3. The lowest BCUT2D eigenvalue weighted by atomic mass is 9.80. The number of aryl methyl sites for hydroxylation is 2. The lowest BCUT2D eigenvalue weighted by Gasteiger charge is -2.25. The van der Waals surface area contributed by atoms with Crippen LogP contribution in [0.5, 0.6) is 0 Å². The Kier molecular flexibility index (Phi) is 7.76. The Bertz CT molecular complexity index is 1750. The summed E-state index contributed by atoms with van der Waals surface area (Å²) >= 11 is 0. The van der Waals surface area contributed by atoms with Gasteiger partial charge in [-0.3, -0.25) is 4.99 Å². The molecule has 5 aromatic rings. The van der Waals surface area contributed by atoms with Crippen molar-refractivity contribution >= 4 is 40.5 Å². The molecule has 0 spiro atoms. The van der Waals surface area contributed by atoms with Gasteiger partial charge in [0.25, 0.3) is 0 Å². The van der Waals surface area contributed by atoms with Crippen molar-refractivity contribution in [3.05, 3.63) is 161 Å². The molecule has 6 rings (SSSR count). The maximum Gasteiger partial charge on any atom is 0.335 e. The molecule has 0 unspecified atom stereocenters. The van der Waals surface area contributed by atoms with E-state index in [0.717, 1.165) is 52.4 Å². The van der Waals surface area contributed by atoms with E-state index in [-0.39, 0.29) is 5.41 Å². The Morgan fingerprint density at radius 1 is 0.698 bits per heavy atom. The van der Waals surface area contributed by atoms with E-state index < -0.39 is 5.97 Å². The van der Waals surface area contributed by atoms with Crippen molar-refractivity contribution in [1.82, 2.24) is 0 Å². The molecular weight excluding hydrogens is 528 g/mol. The van der Waals surface area contributed by atoms with Crippen LogP contribution < -0.4 is 4.90 Å². The van der Waals surface area contributed by atoms with Crippen molar-refractivity contribution in [2.75, 3.05) is 4.90 Å². The first kappa shape index (κ1) is 27.9. The van der Waals surface area contributed by atoms with Crippen molar-refractivity contribution in [1.29, 1.82) is 0 Å². The molecule has 5 aromatic carbocycles. The zero-order chi connectivity index (χ0) is 29.8. The predicted molar refractivity (Wildman–Crippen MR) is 178 cm³/mol. The Balaban J connectivity index is 1.10. The van der Waals surface area contributed by atoms with E-state index in [1.165, 1.54) is 11.1 Å². The molecule has 4 nitrogen and oxygen atoms in total. The molecule has 0 amide bonds. The molecule has 0 atom stereocenters. The quantitative estimate of drug-likeness (QED) is 0.195. The second kappa shape index (κ2) is 11.9. The van der Waals surface area contributed by atoms with Crippen molar-refractivity contribution in [2.45, 2.75) is 32.1 Å². The van der Waals surface area contributed by atoms with Gasteiger partial charge in [0.05, 0.1) is 17.0 Å². The van der Waals surface area contributed by atoms with Crippen LogP contribution in [0.15, 0.2) is 138 Å². The molecule has 0 saturated heterocycles. The first-order valence-electron chi connectivity index (χ1n) is 14.6. The minimum Gasteiger partial charge on any atom is -0.478 e. The van der Waals surface area contributed by atoms with Crippen LogP contribution in [0.3, 0.4) is 0 Å². The van der Waals surface area contributed by atoms with Gasteiger partial charge in [-0.25, -0.2) is 4.79 Å². The number of para-hydroxylation sites is 2. The summed E-state index contributed by atoms with van der Waals surface area (Å²) in [5.74, 6) is -0.919. The Morgan fingerprint density at radius 3 is 1.79 bits per heavy atom. The average molecular weight is 563 g/mol. The lowest BCUT2D eigenvalue weighted by molar-refractivity contribution is 0.0696. The standard InChI is InChI=1S/C39H34N2O2/c1-39(2)35-27-31(38(42)43)22-25-36(35)40-37(39)26-21-29-16-13-28(14-17-29)15-18-30-19-23-34(24-20-30)41(32-9-5-3-6-10-32)33-11-7-4-8-12-33/h3-14,16-17,19-27H,15,18H2,1-2H3,(H,42,43)/b26-21+. The number of aromatic carboxylic acids is 1. The minimum atomic E-state index is -0.919. The highest BCUT2D eigenvalue weighted by atomic mass is 16.4. The number of aliphatic imine (C=N–C) groups is 1. The fourth-order valence-electron chi connectivity index (χ4n) is 5.59. The molecule has 43 heavy (non-hydrogen) atoms. The monoisotopic (exact) mass is 562 g/mol. The smallest absolute Gasteiger partial charge is 0.335 e. The van der Waals surface area contributed by atoms with Crippen molar-refractivity contribution in [2.24, 2.45) is 4.99 Å². The highest BCUT2D eigenvalue weighted by Gasteiger charge is 2.34. The molecule has 0 aliphatic carbocycles. The molecule has 1 aliphatic rings. The second-order valence-corrected chi connectivity index (χ2v) is 11.4. The van der Waals surface area contributed by atoms with Gasteiger partial charge in [-0.2, -0.15) is 0 Å². The van der Waals surface area contributed by atoms with Crippen LogP contribution >= 0.6 is 0 Å². The van der Waals surface area contributed by atoms with Gasteiger partial charge in [0.2, 0.25) is 0 Å². The molecule has 0 aromatic heterocycles. The number of hydrogen-bond acceptors (Lipinski definition) is 3. The van der Waals surface area contributed by atoms with E-state index in [1.807, 2.05) is 18.2 Å². The minimum absolute atomic E-state index is 0.292. The number of benzene rings is 5. The van der Waals surface area contributed by atoms with Gasteiger partial charge in [-0.1, -0.05) is 92.7 Å². The van der Waals surface area contributed by atoms with E-state index in [2.05, 4.69) is 122 Å². The van der Waals surface area contributed by atoms with Gasteiger partial charge in [0.1, 0.15) is 0 Å². The molecule has 1 heterocycles. The molecule has 0 fully saturated rings. The van der Waals surface area contributed by atoms with Gasteiger partial charge in [0.15, 0.2) is 0 Å².